The van der Waals surface area contributed by atoms with Crippen molar-refractivity contribution in [2.24, 2.45) is 0 Å². The number of nitrogens with zero attached hydrogens (tertiary/aromatic N) is 1. The molecule has 1 heterocycles. The number of halogens is 3. The molecule has 4 nitrogen and oxygen atoms in total. The van der Waals surface area contributed by atoms with Crippen LogP contribution in [0.5, 0.6) is 5.88 Å². The second-order valence-electron chi connectivity index (χ2n) is 9.96. The fraction of sp³-hybridized carbons (Fsp3) is 0.200. The topological polar surface area (TPSA) is 48.4 Å². The summed E-state index contributed by atoms with van der Waals surface area (Å²) in [5.41, 5.74) is 1.40. The van der Waals surface area contributed by atoms with Gasteiger partial charge in [0, 0.05) is 11.1 Å². The molecule has 1 aromatic heterocycles. The van der Waals surface area contributed by atoms with Gasteiger partial charge in [-0.3, -0.25) is 0 Å². The van der Waals surface area contributed by atoms with Gasteiger partial charge in [0.15, 0.2) is 6.17 Å². The van der Waals surface area contributed by atoms with E-state index in [1.807, 2.05) is 44.2 Å². The van der Waals surface area contributed by atoms with Gasteiger partial charge in [-0.2, -0.15) is 0 Å². The summed E-state index contributed by atoms with van der Waals surface area (Å²) in [5, 5.41) is 1.79. The molecule has 0 aliphatic rings. The maximum absolute atomic E-state index is 17.1. The van der Waals surface area contributed by atoms with Crippen LogP contribution in [0.2, 0.25) is 0 Å². The van der Waals surface area contributed by atoms with Gasteiger partial charge in [0.05, 0.1) is 30.0 Å². The first-order valence-electron chi connectivity index (χ1n) is 13.8. The highest BCUT2D eigenvalue weighted by molar-refractivity contribution is 6.04. The number of benzene rings is 4. The Morgan fingerprint density at radius 3 is 2.00 bits per heavy atom. The number of fused-ring (bicyclic) bond motifs is 1. The van der Waals surface area contributed by atoms with Gasteiger partial charge in [0.25, 0.3) is 0 Å². The van der Waals surface area contributed by atoms with Crippen molar-refractivity contribution in [2.75, 3.05) is 7.11 Å². The quantitative estimate of drug-likeness (QED) is 0.166. The molecule has 1 unspecified atom stereocenters. The van der Waals surface area contributed by atoms with Gasteiger partial charge in [-0.1, -0.05) is 62.4 Å². The Kier molecular flexibility index (Phi) is 8.57. The van der Waals surface area contributed by atoms with Crippen LogP contribution < -0.4 is 4.74 Å². The highest BCUT2D eigenvalue weighted by atomic mass is 19.1. The molecule has 42 heavy (non-hydrogen) atoms. The monoisotopic (exact) mass is 569 g/mol. The van der Waals surface area contributed by atoms with E-state index in [0.717, 1.165) is 10.8 Å². The Bertz CT molecular complexity index is 1720. The number of carbonyl (C=O) groups is 1. The average molecular weight is 570 g/mol. The first kappa shape index (κ1) is 28.9. The molecule has 0 spiro atoms. The second kappa shape index (κ2) is 12.5. The number of hydrogen-bond donors (Lipinski definition) is 0. The van der Waals surface area contributed by atoms with Crippen molar-refractivity contribution in [1.29, 1.82) is 0 Å². The molecule has 0 amide bonds. The van der Waals surface area contributed by atoms with Gasteiger partial charge >= 0.3 is 5.97 Å². The summed E-state index contributed by atoms with van der Waals surface area (Å²) in [6, 6.07) is 23.8. The van der Waals surface area contributed by atoms with Crippen molar-refractivity contribution in [3.8, 4) is 28.3 Å². The largest absolute Gasteiger partial charge is 0.474 e. The molecule has 0 saturated heterocycles. The number of hydrogen-bond acceptors (Lipinski definition) is 4. The number of alkyl halides is 1. The normalized spacial score (nSPS) is 12.0. The number of ether oxygens (including phenoxy) is 2. The average Bonchev–Trinajstić information content (AvgIpc) is 3.02. The van der Waals surface area contributed by atoms with Gasteiger partial charge in [-0.25, -0.2) is 22.9 Å². The lowest BCUT2D eigenvalue weighted by molar-refractivity contribution is 0.0601. The van der Waals surface area contributed by atoms with Crippen LogP contribution in [0.15, 0.2) is 91.0 Å². The van der Waals surface area contributed by atoms with E-state index in [-0.39, 0.29) is 34.4 Å². The lowest BCUT2D eigenvalue weighted by Crippen LogP contribution is -2.19. The van der Waals surface area contributed by atoms with Gasteiger partial charge in [0.1, 0.15) is 11.6 Å². The number of aromatic nitrogens is 1. The lowest BCUT2D eigenvalue weighted by atomic mass is 9.87. The summed E-state index contributed by atoms with van der Waals surface area (Å²) >= 11 is 0. The van der Waals surface area contributed by atoms with E-state index < -0.39 is 23.8 Å². The summed E-state index contributed by atoms with van der Waals surface area (Å²) in [6.07, 6.45) is -0.828. The molecular formula is C35H30F3NO3. The van der Waals surface area contributed by atoms with E-state index in [2.05, 4.69) is 0 Å². The summed E-state index contributed by atoms with van der Waals surface area (Å²) in [7, 11) is 1.22. The zero-order chi connectivity index (χ0) is 29.8. The third-order valence-electron chi connectivity index (χ3n) is 7.35. The number of rotatable bonds is 9. The molecule has 0 N–H and O–H groups in total. The van der Waals surface area contributed by atoms with Crippen molar-refractivity contribution < 1.29 is 27.4 Å². The van der Waals surface area contributed by atoms with E-state index in [0.29, 0.717) is 29.5 Å². The molecule has 4 aromatic carbocycles. The predicted molar refractivity (Wildman–Crippen MR) is 158 cm³/mol. The molecule has 0 aliphatic carbocycles. The van der Waals surface area contributed by atoms with Crippen molar-refractivity contribution in [1.82, 2.24) is 4.98 Å². The minimum Gasteiger partial charge on any atom is -0.474 e. The minimum atomic E-state index is -1.78. The van der Waals surface area contributed by atoms with Crippen LogP contribution in [0.1, 0.15) is 54.3 Å². The Morgan fingerprint density at radius 2 is 1.40 bits per heavy atom. The van der Waals surface area contributed by atoms with Crippen LogP contribution in [-0.2, 0) is 4.74 Å². The van der Waals surface area contributed by atoms with E-state index in [1.165, 1.54) is 55.6 Å². The number of esters is 1. The SMILES string of the molecule is CCC(CC)Oc1nc(-c2ccc(F)cc2)c(C(=O)OC)c(-c2ccc(F)cc2)c1C(F)c1ccc2ccccc2c1. The van der Waals surface area contributed by atoms with Crippen molar-refractivity contribution in [3.63, 3.8) is 0 Å². The molecular weight excluding hydrogens is 539 g/mol. The van der Waals surface area contributed by atoms with E-state index in [1.54, 1.807) is 12.1 Å². The fourth-order valence-electron chi connectivity index (χ4n) is 5.08. The van der Waals surface area contributed by atoms with Crippen molar-refractivity contribution >= 4 is 16.7 Å². The van der Waals surface area contributed by atoms with Crippen LogP contribution in [-0.4, -0.2) is 24.2 Å². The first-order chi connectivity index (χ1) is 20.3. The van der Waals surface area contributed by atoms with E-state index in [4.69, 9.17) is 14.5 Å². The highest BCUT2D eigenvalue weighted by Crippen LogP contribution is 2.45. The van der Waals surface area contributed by atoms with Crippen LogP contribution in [0.4, 0.5) is 13.2 Å². The molecule has 5 rings (SSSR count). The standard InChI is InChI=1S/C35H30F3NO3/c1-4-28(5-2)42-34-30(32(38)25-11-10-21-8-6-7-9-24(21)20-25)29(22-12-16-26(36)17-13-22)31(35(40)41-3)33(39-34)23-14-18-27(37)19-15-23/h6-20,28,32H,4-5H2,1-3H3. The molecule has 0 fully saturated rings. The maximum atomic E-state index is 17.1. The number of pyridine rings is 1. The first-order valence-corrected chi connectivity index (χ1v) is 13.8. The maximum Gasteiger partial charge on any atom is 0.340 e. The third-order valence-corrected chi connectivity index (χ3v) is 7.35. The zero-order valence-electron chi connectivity index (χ0n) is 23.5. The number of carbonyl (C=O) groups excluding carboxylic acids is 1. The van der Waals surface area contributed by atoms with Gasteiger partial charge in [0.2, 0.25) is 5.88 Å². The molecule has 5 aromatic rings. The molecule has 0 bridgehead atoms. The van der Waals surface area contributed by atoms with Crippen LogP contribution in [0.25, 0.3) is 33.2 Å². The predicted octanol–water partition coefficient (Wildman–Crippen LogP) is 9.26. The molecule has 0 saturated carbocycles. The van der Waals surface area contributed by atoms with E-state index >= 15 is 4.39 Å². The summed E-state index contributed by atoms with van der Waals surface area (Å²) in [5.74, 6) is -1.74. The fourth-order valence-corrected chi connectivity index (χ4v) is 5.08. The van der Waals surface area contributed by atoms with Crippen LogP contribution >= 0.6 is 0 Å². The Morgan fingerprint density at radius 1 is 0.810 bits per heavy atom. The summed E-state index contributed by atoms with van der Waals surface area (Å²) in [4.78, 5) is 18.2. The number of methoxy groups -OCH3 is 1. The zero-order valence-corrected chi connectivity index (χ0v) is 23.5. The van der Waals surface area contributed by atoms with Gasteiger partial charge < -0.3 is 9.47 Å². The Labute approximate surface area is 242 Å². The Hall–Kier alpha value is -4.65. The van der Waals surface area contributed by atoms with Crippen molar-refractivity contribution in [3.05, 3.63) is 119 Å². The van der Waals surface area contributed by atoms with Gasteiger partial charge in [-0.05, 0) is 77.2 Å². The molecule has 1 atom stereocenters. The van der Waals surface area contributed by atoms with Crippen LogP contribution in [0.3, 0.4) is 0 Å². The molecule has 0 radical (unpaired) electrons. The van der Waals surface area contributed by atoms with Crippen LogP contribution in [0, 0.1) is 11.6 Å². The van der Waals surface area contributed by atoms with E-state index in [9.17, 15) is 13.6 Å². The summed E-state index contributed by atoms with van der Waals surface area (Å²) in [6.45, 7) is 3.91. The highest BCUT2D eigenvalue weighted by Gasteiger charge is 2.33. The van der Waals surface area contributed by atoms with Crippen molar-refractivity contribution in [2.45, 2.75) is 39.0 Å². The summed E-state index contributed by atoms with van der Waals surface area (Å²) < 4.78 is 56.6. The minimum absolute atomic E-state index is 0.00402. The molecule has 7 heteroatoms. The van der Waals surface area contributed by atoms with Gasteiger partial charge in [-0.15, -0.1) is 0 Å². The lowest BCUT2D eigenvalue weighted by Gasteiger charge is -2.25. The second-order valence-corrected chi connectivity index (χ2v) is 9.96. The molecule has 0 aliphatic heterocycles. The third kappa shape index (κ3) is 5.73. The molecule has 214 valence electrons. The smallest absolute Gasteiger partial charge is 0.340 e. The Balaban J connectivity index is 1.89.